The van der Waals surface area contributed by atoms with Crippen LogP contribution in [-0.4, -0.2) is 12.0 Å². The molecule has 146 valence electrons. The molecule has 2 aromatic carbocycles. The van der Waals surface area contributed by atoms with Crippen LogP contribution >= 0.6 is 0 Å². The summed E-state index contributed by atoms with van der Waals surface area (Å²) < 4.78 is 32.1. The Bertz CT molecular complexity index is 766. The van der Waals surface area contributed by atoms with Gasteiger partial charge in [-0.25, -0.2) is 8.78 Å². The summed E-state index contributed by atoms with van der Waals surface area (Å²) in [6.45, 7) is 4.33. The van der Waals surface area contributed by atoms with Crippen LogP contribution in [0.1, 0.15) is 48.4 Å². The average Bonchev–Trinajstić information content (AvgIpc) is 2.65. The normalized spacial score (nSPS) is 12.1. The zero-order valence-corrected chi connectivity index (χ0v) is 15.7. The van der Waals surface area contributed by atoms with E-state index in [4.69, 9.17) is 10.5 Å². The van der Waals surface area contributed by atoms with E-state index < -0.39 is 12.5 Å². The van der Waals surface area contributed by atoms with Crippen LogP contribution in [0.15, 0.2) is 42.5 Å². The van der Waals surface area contributed by atoms with Crippen molar-refractivity contribution >= 4 is 5.91 Å². The number of halogens is 2. The molecule has 0 fully saturated rings. The van der Waals surface area contributed by atoms with Gasteiger partial charge in [-0.3, -0.25) is 4.79 Å². The average molecular weight is 376 g/mol. The monoisotopic (exact) mass is 376 g/mol. The number of nitrogens with two attached hydrogens (primary N) is 1. The third kappa shape index (κ3) is 6.03. The van der Waals surface area contributed by atoms with E-state index in [9.17, 15) is 13.6 Å². The molecular weight excluding hydrogens is 350 g/mol. The molecular formula is C21H26F2N2O2. The fraction of sp³-hybridized carbons (Fsp3) is 0.381. The third-order valence-electron chi connectivity index (χ3n) is 4.24. The number of aryl methyl sites for hydroxylation is 1. The molecule has 3 N–H and O–H groups in total. The van der Waals surface area contributed by atoms with E-state index >= 15 is 0 Å². The van der Waals surface area contributed by atoms with Gasteiger partial charge in [0.15, 0.2) is 6.10 Å². The Labute approximate surface area is 158 Å². The number of carbonyl (C=O) groups excluding carboxylic acids is 1. The zero-order chi connectivity index (χ0) is 19.8. The van der Waals surface area contributed by atoms with Crippen LogP contribution < -0.4 is 15.8 Å². The lowest BCUT2D eigenvalue weighted by Gasteiger charge is -2.19. The van der Waals surface area contributed by atoms with Crippen molar-refractivity contribution in [1.29, 1.82) is 0 Å². The van der Waals surface area contributed by atoms with Crippen LogP contribution in [0, 0.1) is 6.92 Å². The van der Waals surface area contributed by atoms with Gasteiger partial charge >= 0.3 is 0 Å². The minimum atomic E-state index is -2.65. The van der Waals surface area contributed by atoms with Crippen molar-refractivity contribution in [2.24, 2.45) is 5.73 Å². The molecule has 2 rings (SSSR count). The molecule has 0 spiro atoms. The maximum atomic E-state index is 13.2. The van der Waals surface area contributed by atoms with Crippen LogP contribution in [0.4, 0.5) is 8.78 Å². The van der Waals surface area contributed by atoms with Crippen molar-refractivity contribution < 1.29 is 18.3 Å². The summed E-state index contributed by atoms with van der Waals surface area (Å²) in [7, 11) is 0. The molecule has 0 saturated carbocycles. The minimum Gasteiger partial charge on any atom is -0.481 e. The van der Waals surface area contributed by atoms with Crippen LogP contribution in [0.5, 0.6) is 5.75 Å². The fourth-order valence-electron chi connectivity index (χ4n) is 2.83. The van der Waals surface area contributed by atoms with Crippen molar-refractivity contribution in [2.45, 2.75) is 52.3 Å². The molecule has 1 amide bonds. The second-order valence-corrected chi connectivity index (χ2v) is 6.47. The molecule has 4 nitrogen and oxygen atoms in total. The number of alkyl halides is 2. The van der Waals surface area contributed by atoms with E-state index in [1.165, 1.54) is 12.1 Å². The molecule has 27 heavy (non-hydrogen) atoms. The van der Waals surface area contributed by atoms with Crippen LogP contribution in [0.2, 0.25) is 0 Å². The summed E-state index contributed by atoms with van der Waals surface area (Å²) >= 11 is 0. The first-order valence-electron chi connectivity index (χ1n) is 9.05. The van der Waals surface area contributed by atoms with E-state index in [2.05, 4.69) is 5.32 Å². The molecule has 0 aromatic heterocycles. The van der Waals surface area contributed by atoms with Crippen molar-refractivity contribution in [3.05, 3.63) is 64.7 Å². The minimum absolute atomic E-state index is 0.0231. The predicted molar refractivity (Wildman–Crippen MR) is 102 cm³/mol. The van der Waals surface area contributed by atoms with Crippen LogP contribution in [0.3, 0.4) is 0 Å². The Morgan fingerprint density at radius 2 is 2.00 bits per heavy atom. The number of benzene rings is 2. The Hall–Kier alpha value is -2.47. The lowest BCUT2D eigenvalue weighted by atomic mass is 10.1. The first-order valence-corrected chi connectivity index (χ1v) is 9.05. The second-order valence-electron chi connectivity index (χ2n) is 6.47. The molecule has 0 unspecified atom stereocenters. The van der Waals surface area contributed by atoms with E-state index in [-0.39, 0.29) is 23.8 Å². The van der Waals surface area contributed by atoms with Crippen LogP contribution in [0.25, 0.3) is 0 Å². The van der Waals surface area contributed by atoms with Gasteiger partial charge in [-0.2, -0.15) is 0 Å². The van der Waals surface area contributed by atoms with Crippen molar-refractivity contribution in [1.82, 2.24) is 5.32 Å². The lowest BCUT2D eigenvalue weighted by Crippen LogP contribution is -2.38. The summed E-state index contributed by atoms with van der Waals surface area (Å²) in [4.78, 5) is 12.5. The van der Waals surface area contributed by atoms with Gasteiger partial charge < -0.3 is 15.8 Å². The molecule has 0 aliphatic heterocycles. The molecule has 0 bridgehead atoms. The Balaban J connectivity index is 2.07. The highest BCUT2D eigenvalue weighted by Crippen LogP contribution is 2.28. The lowest BCUT2D eigenvalue weighted by molar-refractivity contribution is -0.128. The Morgan fingerprint density at radius 1 is 1.22 bits per heavy atom. The summed E-state index contributed by atoms with van der Waals surface area (Å²) in [6.07, 6.45) is -2.17. The van der Waals surface area contributed by atoms with Gasteiger partial charge in [-0.05, 0) is 36.6 Å². The number of carbonyl (C=O) groups is 1. The SMILES string of the molecule is CCC[C@H](Oc1ccc(CN)c(C(F)F)c1)C(=O)NCc1cccc(C)c1. The van der Waals surface area contributed by atoms with Gasteiger partial charge in [0.25, 0.3) is 12.3 Å². The Morgan fingerprint density at radius 3 is 2.63 bits per heavy atom. The highest BCUT2D eigenvalue weighted by molar-refractivity contribution is 5.81. The molecule has 0 aliphatic rings. The largest absolute Gasteiger partial charge is 0.481 e. The van der Waals surface area contributed by atoms with Gasteiger partial charge in [0.2, 0.25) is 0 Å². The number of hydrogen-bond acceptors (Lipinski definition) is 3. The second kappa shape index (κ2) is 10.0. The van der Waals surface area contributed by atoms with Crippen molar-refractivity contribution in [3.63, 3.8) is 0 Å². The molecule has 0 radical (unpaired) electrons. The number of rotatable bonds is 9. The first kappa shape index (κ1) is 20.8. The van der Waals surface area contributed by atoms with E-state index in [1.807, 2.05) is 38.1 Å². The molecule has 6 heteroatoms. The fourth-order valence-corrected chi connectivity index (χ4v) is 2.83. The van der Waals surface area contributed by atoms with Crippen molar-refractivity contribution in [2.75, 3.05) is 0 Å². The third-order valence-corrected chi connectivity index (χ3v) is 4.24. The highest BCUT2D eigenvalue weighted by atomic mass is 19.3. The van der Waals surface area contributed by atoms with Crippen LogP contribution in [-0.2, 0) is 17.9 Å². The van der Waals surface area contributed by atoms with Gasteiger partial charge in [-0.1, -0.05) is 49.2 Å². The topological polar surface area (TPSA) is 64.3 Å². The van der Waals surface area contributed by atoms with E-state index in [0.717, 1.165) is 17.5 Å². The highest BCUT2D eigenvalue weighted by Gasteiger charge is 2.21. The maximum Gasteiger partial charge on any atom is 0.264 e. The molecule has 2 aromatic rings. The van der Waals surface area contributed by atoms with Gasteiger partial charge in [0.05, 0.1) is 0 Å². The Kier molecular flexibility index (Phi) is 7.73. The van der Waals surface area contributed by atoms with E-state index in [0.29, 0.717) is 18.5 Å². The summed E-state index contributed by atoms with van der Waals surface area (Å²) in [5, 5.41) is 2.86. The zero-order valence-electron chi connectivity index (χ0n) is 15.7. The van der Waals surface area contributed by atoms with E-state index in [1.54, 1.807) is 6.07 Å². The summed E-state index contributed by atoms with van der Waals surface area (Å²) in [6, 6.07) is 12.2. The summed E-state index contributed by atoms with van der Waals surface area (Å²) in [5.74, 6) is -0.0217. The first-order chi connectivity index (χ1) is 12.9. The molecule has 0 saturated heterocycles. The van der Waals surface area contributed by atoms with Gasteiger partial charge in [0.1, 0.15) is 5.75 Å². The predicted octanol–water partition coefficient (Wildman–Crippen LogP) is 4.26. The van der Waals surface area contributed by atoms with Gasteiger partial charge in [-0.15, -0.1) is 0 Å². The molecule has 0 heterocycles. The number of amides is 1. The molecule has 1 atom stereocenters. The van der Waals surface area contributed by atoms with Gasteiger partial charge in [0, 0.05) is 18.7 Å². The summed E-state index contributed by atoms with van der Waals surface area (Å²) in [5.41, 5.74) is 7.82. The standard InChI is InChI=1S/C21H26F2N2O2/c1-3-5-19(21(26)25-13-15-7-4-6-14(2)10-15)27-17-9-8-16(12-24)18(11-17)20(22)23/h4,6-11,19-20H,3,5,12-13,24H2,1-2H3,(H,25,26)/t19-/m0/s1. The van der Waals surface area contributed by atoms with Crippen molar-refractivity contribution in [3.8, 4) is 5.75 Å². The quantitative estimate of drug-likeness (QED) is 0.687. The maximum absolute atomic E-state index is 13.2. The number of ether oxygens (including phenoxy) is 1. The number of nitrogens with one attached hydrogen (secondary N) is 1. The smallest absolute Gasteiger partial charge is 0.264 e. The number of hydrogen-bond donors (Lipinski definition) is 2. The molecule has 0 aliphatic carbocycles.